The molecule has 1 atom stereocenters. The van der Waals surface area contributed by atoms with Crippen molar-refractivity contribution in [1.82, 2.24) is 14.7 Å². The van der Waals surface area contributed by atoms with Crippen molar-refractivity contribution in [1.29, 1.82) is 0 Å². The fraction of sp³-hybridized carbons (Fsp3) is 0.714. The zero-order valence-electron chi connectivity index (χ0n) is 11.9. The lowest BCUT2D eigenvalue weighted by Crippen LogP contribution is -2.36. The van der Waals surface area contributed by atoms with Gasteiger partial charge in [0.2, 0.25) is 0 Å². The number of amides is 1. The van der Waals surface area contributed by atoms with E-state index in [1.54, 1.807) is 4.68 Å². The summed E-state index contributed by atoms with van der Waals surface area (Å²) in [5.41, 5.74) is 7.25. The van der Waals surface area contributed by atoms with Crippen molar-refractivity contribution in [2.24, 2.45) is 12.8 Å². The molecule has 1 aliphatic heterocycles. The molecule has 0 saturated carbocycles. The van der Waals surface area contributed by atoms with Crippen molar-refractivity contribution in [3.63, 3.8) is 0 Å². The molecule has 1 aliphatic rings. The molecule has 106 valence electrons. The monoisotopic (exact) mass is 264 g/mol. The van der Waals surface area contributed by atoms with Crippen LogP contribution in [0.4, 0.5) is 0 Å². The van der Waals surface area contributed by atoms with Gasteiger partial charge in [-0.1, -0.05) is 6.92 Å². The van der Waals surface area contributed by atoms with Crippen LogP contribution in [0.25, 0.3) is 0 Å². The van der Waals surface area contributed by atoms with Gasteiger partial charge >= 0.3 is 0 Å². The van der Waals surface area contributed by atoms with Gasteiger partial charge in [0.15, 0.2) is 0 Å². The second kappa shape index (κ2) is 6.19. The van der Waals surface area contributed by atoms with E-state index in [-0.39, 0.29) is 5.91 Å². The fourth-order valence-corrected chi connectivity index (χ4v) is 2.80. The molecule has 19 heavy (non-hydrogen) atoms. The summed E-state index contributed by atoms with van der Waals surface area (Å²) in [5, 5.41) is 4.36. The normalized spacial score (nSPS) is 19.1. The number of carbonyl (C=O) groups excluding carboxylic acids is 1. The molecule has 1 aromatic rings. The van der Waals surface area contributed by atoms with E-state index in [9.17, 15) is 4.79 Å². The lowest BCUT2D eigenvalue weighted by molar-refractivity contribution is 0.0718. The third-order valence-corrected chi connectivity index (χ3v) is 3.89. The minimum Gasteiger partial charge on any atom is -0.334 e. The second-order valence-corrected chi connectivity index (χ2v) is 5.22. The quantitative estimate of drug-likeness (QED) is 0.872. The minimum atomic E-state index is 0.120. The summed E-state index contributed by atoms with van der Waals surface area (Å²) in [6.07, 6.45) is 5.06. The fourth-order valence-electron chi connectivity index (χ4n) is 2.80. The number of aryl methyl sites for hydroxylation is 2. The van der Waals surface area contributed by atoms with Crippen LogP contribution in [0, 0.1) is 0 Å². The molecule has 2 rings (SSSR count). The van der Waals surface area contributed by atoms with Crippen LogP contribution in [0.1, 0.15) is 48.8 Å². The summed E-state index contributed by atoms with van der Waals surface area (Å²) in [6.45, 7) is 3.61. The van der Waals surface area contributed by atoms with Crippen LogP contribution in [0.15, 0.2) is 6.07 Å². The van der Waals surface area contributed by atoms with E-state index in [1.165, 1.54) is 0 Å². The number of aromatic nitrogens is 2. The van der Waals surface area contributed by atoms with Gasteiger partial charge in [-0.15, -0.1) is 0 Å². The Bertz CT molecular complexity index is 441. The zero-order valence-corrected chi connectivity index (χ0v) is 11.9. The summed E-state index contributed by atoms with van der Waals surface area (Å²) >= 11 is 0. The van der Waals surface area contributed by atoms with Gasteiger partial charge in [0.25, 0.3) is 5.91 Å². The third-order valence-electron chi connectivity index (χ3n) is 3.89. The molecule has 1 amide bonds. The standard InChI is InChI=1S/C14H24N4O/c1-3-11-10-13(17(2)16-11)14(19)18-9-5-7-12(18)6-4-8-15/h10,12H,3-9,15H2,1-2H3. The van der Waals surface area contributed by atoms with Gasteiger partial charge in [0, 0.05) is 19.6 Å². The highest BCUT2D eigenvalue weighted by Crippen LogP contribution is 2.23. The van der Waals surface area contributed by atoms with Crippen LogP contribution in [0.2, 0.25) is 0 Å². The predicted octanol–water partition coefficient (Wildman–Crippen LogP) is 1.33. The summed E-state index contributed by atoms with van der Waals surface area (Å²) in [7, 11) is 1.84. The van der Waals surface area contributed by atoms with Crippen LogP contribution >= 0.6 is 0 Å². The van der Waals surface area contributed by atoms with Crippen molar-refractivity contribution in [3.05, 3.63) is 17.5 Å². The Morgan fingerprint density at radius 1 is 1.58 bits per heavy atom. The molecule has 1 unspecified atom stereocenters. The molecule has 5 nitrogen and oxygen atoms in total. The Labute approximate surface area is 114 Å². The summed E-state index contributed by atoms with van der Waals surface area (Å²) in [4.78, 5) is 14.6. The van der Waals surface area contributed by atoms with Gasteiger partial charge in [-0.25, -0.2) is 0 Å². The number of hydrogen-bond acceptors (Lipinski definition) is 3. The van der Waals surface area contributed by atoms with Crippen LogP contribution in [-0.4, -0.2) is 39.7 Å². The van der Waals surface area contributed by atoms with Crippen molar-refractivity contribution in [2.75, 3.05) is 13.1 Å². The van der Waals surface area contributed by atoms with Gasteiger partial charge in [-0.2, -0.15) is 5.10 Å². The lowest BCUT2D eigenvalue weighted by Gasteiger charge is -2.24. The third kappa shape index (κ3) is 2.97. The highest BCUT2D eigenvalue weighted by atomic mass is 16.2. The van der Waals surface area contributed by atoms with Crippen molar-refractivity contribution >= 4 is 5.91 Å². The largest absolute Gasteiger partial charge is 0.334 e. The first-order valence-electron chi connectivity index (χ1n) is 7.21. The Balaban J connectivity index is 2.11. The Morgan fingerprint density at radius 3 is 3.00 bits per heavy atom. The highest BCUT2D eigenvalue weighted by molar-refractivity contribution is 5.93. The second-order valence-electron chi connectivity index (χ2n) is 5.22. The first-order valence-corrected chi connectivity index (χ1v) is 7.21. The van der Waals surface area contributed by atoms with E-state index < -0.39 is 0 Å². The van der Waals surface area contributed by atoms with Gasteiger partial charge < -0.3 is 10.6 Å². The van der Waals surface area contributed by atoms with E-state index in [2.05, 4.69) is 12.0 Å². The number of likely N-dealkylation sites (tertiary alicyclic amines) is 1. The molecule has 1 fully saturated rings. The molecule has 5 heteroatoms. The van der Waals surface area contributed by atoms with Crippen molar-refractivity contribution in [2.45, 2.75) is 45.1 Å². The molecule has 0 aliphatic carbocycles. The van der Waals surface area contributed by atoms with Crippen LogP contribution in [0.3, 0.4) is 0 Å². The topological polar surface area (TPSA) is 64.2 Å². The molecule has 0 bridgehead atoms. The summed E-state index contributed by atoms with van der Waals surface area (Å²) in [5.74, 6) is 0.120. The molecule has 1 saturated heterocycles. The van der Waals surface area contributed by atoms with Gasteiger partial charge in [-0.3, -0.25) is 9.48 Å². The number of hydrogen-bond donors (Lipinski definition) is 1. The molecule has 0 spiro atoms. The van der Waals surface area contributed by atoms with Crippen LogP contribution < -0.4 is 5.73 Å². The highest BCUT2D eigenvalue weighted by Gasteiger charge is 2.30. The molecular formula is C14H24N4O. The Hall–Kier alpha value is -1.36. The van der Waals surface area contributed by atoms with Crippen molar-refractivity contribution in [3.8, 4) is 0 Å². The lowest BCUT2D eigenvalue weighted by atomic mass is 10.1. The Morgan fingerprint density at radius 2 is 2.37 bits per heavy atom. The molecule has 2 N–H and O–H groups in total. The molecular weight excluding hydrogens is 240 g/mol. The number of nitrogens with zero attached hydrogens (tertiary/aromatic N) is 3. The number of carbonyl (C=O) groups is 1. The van der Waals surface area contributed by atoms with E-state index in [4.69, 9.17) is 5.73 Å². The maximum absolute atomic E-state index is 12.6. The van der Waals surface area contributed by atoms with E-state index in [0.717, 1.165) is 44.3 Å². The van der Waals surface area contributed by atoms with E-state index >= 15 is 0 Å². The molecule has 0 aromatic carbocycles. The smallest absolute Gasteiger partial charge is 0.272 e. The Kier molecular flexibility index (Phi) is 4.58. The summed E-state index contributed by atoms with van der Waals surface area (Å²) < 4.78 is 1.71. The number of nitrogens with two attached hydrogens (primary N) is 1. The van der Waals surface area contributed by atoms with Crippen LogP contribution in [-0.2, 0) is 13.5 Å². The maximum atomic E-state index is 12.6. The molecule has 1 aromatic heterocycles. The summed E-state index contributed by atoms with van der Waals surface area (Å²) in [6, 6.07) is 2.27. The van der Waals surface area contributed by atoms with Gasteiger partial charge in [0.1, 0.15) is 5.69 Å². The average Bonchev–Trinajstić information content (AvgIpc) is 3.01. The van der Waals surface area contributed by atoms with Gasteiger partial charge in [0.05, 0.1) is 5.69 Å². The maximum Gasteiger partial charge on any atom is 0.272 e. The minimum absolute atomic E-state index is 0.120. The average molecular weight is 264 g/mol. The van der Waals surface area contributed by atoms with Crippen molar-refractivity contribution < 1.29 is 4.79 Å². The van der Waals surface area contributed by atoms with Gasteiger partial charge in [-0.05, 0) is 44.7 Å². The van der Waals surface area contributed by atoms with Crippen LogP contribution in [0.5, 0.6) is 0 Å². The predicted molar refractivity (Wildman–Crippen MR) is 74.9 cm³/mol. The van der Waals surface area contributed by atoms with E-state index in [0.29, 0.717) is 18.3 Å². The zero-order chi connectivity index (χ0) is 13.8. The first kappa shape index (κ1) is 14.1. The number of rotatable bonds is 5. The molecule has 2 heterocycles. The van der Waals surface area contributed by atoms with E-state index in [1.807, 2.05) is 18.0 Å². The molecule has 0 radical (unpaired) electrons. The first-order chi connectivity index (χ1) is 9.17. The SMILES string of the molecule is CCc1cc(C(=O)N2CCCC2CCCN)n(C)n1.